The van der Waals surface area contributed by atoms with Gasteiger partial charge in [-0.15, -0.1) is 12.4 Å². The van der Waals surface area contributed by atoms with Crippen LogP contribution in [0.4, 0.5) is 11.4 Å². The molecule has 1 heterocycles. The molecule has 1 radical (unpaired) electrons. The van der Waals surface area contributed by atoms with Crippen molar-refractivity contribution < 1.29 is 20.1 Å². The Bertz CT molecular complexity index is 587. The maximum absolute atomic E-state index is 3.23. The van der Waals surface area contributed by atoms with Gasteiger partial charge in [0, 0.05) is 25.8 Å². The number of nitrogens with zero attached hydrogens (tertiary/aromatic N) is 2. The summed E-state index contributed by atoms with van der Waals surface area (Å²) in [5, 5.41) is 0. The molecule has 1 aliphatic rings. The molecular weight excluding hydrogens is 424 g/mol. The average Bonchev–Trinajstić information content (AvgIpc) is 2.89. The number of aryl methyl sites for hydroxylation is 2. The van der Waals surface area contributed by atoms with Crippen LogP contribution < -0.4 is 9.80 Å². The van der Waals surface area contributed by atoms with Gasteiger partial charge >= 0.3 is 0 Å². The Morgan fingerprint density at radius 3 is 2.25 bits per heavy atom. The summed E-state index contributed by atoms with van der Waals surface area (Å²) in [6.45, 7) is 6.36. The molecule has 0 unspecified atom stereocenters. The maximum Gasteiger partial charge on any atom is 0.0184 e. The first-order chi connectivity index (χ1) is 9.25. The molecule has 0 saturated carbocycles. The minimum atomic E-state index is 0. The van der Waals surface area contributed by atoms with Crippen LogP contribution in [0.2, 0.25) is 0 Å². The minimum absolute atomic E-state index is 0. The molecule has 20 heavy (non-hydrogen) atoms. The predicted octanol–water partition coefficient (Wildman–Crippen LogP) is 4.02. The number of anilines is 2. The van der Waals surface area contributed by atoms with Crippen LogP contribution in [0.1, 0.15) is 11.1 Å². The molecule has 0 aromatic heterocycles. The molecule has 3 rings (SSSR count). The van der Waals surface area contributed by atoms with Gasteiger partial charge in [0.05, 0.1) is 0 Å². The summed E-state index contributed by atoms with van der Waals surface area (Å²) in [7, 11) is 0. The smallest absolute Gasteiger partial charge is 0.0184 e. The van der Waals surface area contributed by atoms with E-state index >= 15 is 0 Å². The number of hydrogen-bond acceptors (Lipinski definition) is 2. The zero-order chi connectivity index (χ0) is 13.2. The van der Waals surface area contributed by atoms with E-state index in [9.17, 15) is 0 Å². The molecule has 0 saturated heterocycles. The Morgan fingerprint density at radius 2 is 1.60 bits per heavy atom. The van der Waals surface area contributed by atoms with Crippen molar-refractivity contribution in [2.75, 3.05) is 9.80 Å². The van der Waals surface area contributed by atoms with Crippen molar-refractivity contribution in [3.8, 4) is 0 Å². The van der Waals surface area contributed by atoms with Crippen molar-refractivity contribution >= 4 is 11.4 Å². The van der Waals surface area contributed by atoms with Crippen molar-refractivity contribution in [2.45, 2.75) is 13.8 Å². The Kier molecular flexibility index (Phi) is 4.64. The van der Waals surface area contributed by atoms with E-state index in [0.717, 1.165) is 5.69 Å². The van der Waals surface area contributed by atoms with Gasteiger partial charge in [0.25, 0.3) is 0 Å². The third kappa shape index (κ3) is 2.79. The molecule has 0 aliphatic carbocycles. The van der Waals surface area contributed by atoms with Crippen LogP contribution >= 0.6 is 0 Å². The van der Waals surface area contributed by atoms with Crippen LogP contribution in [0.3, 0.4) is 0 Å². The van der Waals surface area contributed by atoms with Gasteiger partial charge in [0.2, 0.25) is 0 Å². The zero-order valence-electron chi connectivity index (χ0n) is 11.5. The zero-order valence-corrected chi connectivity index (χ0v) is 13.9. The quantitative estimate of drug-likeness (QED) is 0.651. The molecule has 0 N–H and O–H groups in total. The monoisotopic (exact) mass is 441 g/mol. The SMILES string of the molecule is Cc1cccc(C)c1N1C=CN(c2[c-]cccc2)[CH-]1.[Ir]. The summed E-state index contributed by atoms with van der Waals surface area (Å²) in [5.41, 5.74) is 4.85. The first-order valence-corrected chi connectivity index (χ1v) is 6.38. The van der Waals surface area contributed by atoms with E-state index in [1.165, 1.54) is 16.8 Å². The van der Waals surface area contributed by atoms with Crippen LogP contribution in [0.25, 0.3) is 0 Å². The fourth-order valence-corrected chi connectivity index (χ4v) is 2.39. The number of hydrogen-bond donors (Lipinski definition) is 0. The van der Waals surface area contributed by atoms with Crippen LogP contribution in [-0.2, 0) is 20.1 Å². The molecular formula is C17H16IrN2-2. The number of rotatable bonds is 2. The van der Waals surface area contributed by atoms with E-state index in [1.54, 1.807) is 0 Å². The molecule has 0 amide bonds. The molecule has 2 aromatic rings. The van der Waals surface area contributed by atoms with Crippen LogP contribution in [0.5, 0.6) is 0 Å². The van der Waals surface area contributed by atoms with E-state index in [-0.39, 0.29) is 20.1 Å². The summed E-state index contributed by atoms with van der Waals surface area (Å²) in [6, 6.07) is 17.6. The van der Waals surface area contributed by atoms with Crippen molar-refractivity contribution in [1.29, 1.82) is 0 Å². The Balaban J connectivity index is 0.00000147. The first kappa shape index (κ1) is 14.8. The summed E-state index contributed by atoms with van der Waals surface area (Å²) >= 11 is 0. The van der Waals surface area contributed by atoms with E-state index in [0.29, 0.717) is 0 Å². The summed E-state index contributed by atoms with van der Waals surface area (Å²) < 4.78 is 0. The number of benzene rings is 2. The third-order valence-corrected chi connectivity index (χ3v) is 3.31. The maximum atomic E-state index is 3.23. The standard InChI is InChI=1S/C17H16N2.Ir/c1-14-7-6-8-15(2)17(14)19-12-11-18(13-19)16-9-4-3-5-10-16;/h3-9,11-13H,1-2H3;/q-2;. The second-order valence-electron chi connectivity index (χ2n) is 4.72. The normalized spacial score (nSPS) is 13.5. The van der Waals surface area contributed by atoms with Crippen LogP contribution in [-0.4, -0.2) is 0 Å². The van der Waals surface area contributed by atoms with Crippen LogP contribution in [0, 0.1) is 26.6 Å². The summed E-state index contributed by atoms with van der Waals surface area (Å²) in [4.78, 5) is 4.23. The van der Waals surface area contributed by atoms with Gasteiger partial charge in [-0.05, 0) is 37.4 Å². The Morgan fingerprint density at radius 1 is 0.900 bits per heavy atom. The minimum Gasteiger partial charge on any atom is -0.500 e. The van der Waals surface area contributed by atoms with Crippen LogP contribution in [0.15, 0.2) is 54.9 Å². The van der Waals surface area contributed by atoms with Gasteiger partial charge in [-0.25, -0.2) is 0 Å². The second kappa shape index (κ2) is 6.25. The molecule has 2 nitrogen and oxygen atoms in total. The van der Waals surface area contributed by atoms with Gasteiger partial charge in [-0.2, -0.15) is 30.3 Å². The van der Waals surface area contributed by atoms with Crippen molar-refractivity contribution in [1.82, 2.24) is 0 Å². The molecule has 0 spiro atoms. The van der Waals surface area contributed by atoms with Crippen molar-refractivity contribution in [2.24, 2.45) is 0 Å². The topological polar surface area (TPSA) is 6.48 Å². The fourth-order valence-electron chi connectivity index (χ4n) is 2.39. The summed E-state index contributed by atoms with van der Waals surface area (Å²) in [5.74, 6) is 0. The molecule has 0 bridgehead atoms. The largest absolute Gasteiger partial charge is 0.500 e. The van der Waals surface area contributed by atoms with Gasteiger partial charge in [-0.1, -0.05) is 18.2 Å². The van der Waals surface area contributed by atoms with E-state index in [1.807, 2.05) is 18.2 Å². The summed E-state index contributed by atoms with van der Waals surface area (Å²) in [6.07, 6.45) is 4.13. The molecule has 0 atom stereocenters. The molecule has 1 aliphatic heterocycles. The average molecular weight is 441 g/mol. The van der Waals surface area contributed by atoms with E-state index in [2.05, 4.69) is 73.0 Å². The Hall–Kier alpha value is -1.57. The molecule has 2 aromatic carbocycles. The molecule has 105 valence electrons. The van der Waals surface area contributed by atoms with Gasteiger partial charge < -0.3 is 9.80 Å². The van der Waals surface area contributed by atoms with Gasteiger partial charge in [0.15, 0.2) is 0 Å². The van der Waals surface area contributed by atoms with Gasteiger partial charge in [0.1, 0.15) is 0 Å². The Labute approximate surface area is 134 Å². The first-order valence-electron chi connectivity index (χ1n) is 6.38. The predicted molar refractivity (Wildman–Crippen MR) is 79.6 cm³/mol. The van der Waals surface area contributed by atoms with E-state index in [4.69, 9.17) is 0 Å². The van der Waals surface area contributed by atoms with Crippen molar-refractivity contribution in [3.63, 3.8) is 0 Å². The second-order valence-corrected chi connectivity index (χ2v) is 4.72. The van der Waals surface area contributed by atoms with Crippen molar-refractivity contribution in [3.05, 3.63) is 78.7 Å². The fraction of sp³-hybridized carbons (Fsp3) is 0.118. The molecule has 0 fully saturated rings. The third-order valence-electron chi connectivity index (χ3n) is 3.31. The number of para-hydroxylation sites is 2. The molecule has 3 heteroatoms. The van der Waals surface area contributed by atoms with Gasteiger partial charge in [-0.3, -0.25) is 0 Å². The van der Waals surface area contributed by atoms with E-state index < -0.39 is 0 Å².